The number of nitrogens with one attached hydrogen (secondary N) is 1. The maximum Gasteiger partial charge on any atom is 0.271 e. The molecule has 1 atom stereocenters. The Morgan fingerprint density at radius 1 is 1.48 bits per heavy atom. The number of nitro groups is 1. The van der Waals surface area contributed by atoms with E-state index in [2.05, 4.69) is 26.2 Å². The number of amides is 1. The number of rotatable bonds is 3. The van der Waals surface area contributed by atoms with Crippen molar-refractivity contribution >= 4 is 44.0 Å². The predicted molar refractivity (Wildman–Crippen MR) is 90.9 cm³/mol. The molecule has 0 fully saturated rings. The minimum Gasteiger partial charge on any atom is -0.327 e. The maximum atomic E-state index is 12.3. The second kappa shape index (κ2) is 6.34. The van der Waals surface area contributed by atoms with E-state index in [1.165, 1.54) is 29.5 Å². The molecule has 9 heteroatoms. The average molecular weight is 397 g/mol. The molecule has 120 valence electrons. The normalized spacial score (nSPS) is 16.7. The summed E-state index contributed by atoms with van der Waals surface area (Å²) in [7, 11) is 0. The topological polar surface area (TPSA) is 111 Å². The van der Waals surface area contributed by atoms with Gasteiger partial charge in [0.1, 0.15) is 0 Å². The van der Waals surface area contributed by atoms with Crippen molar-refractivity contribution in [3.05, 3.63) is 48.9 Å². The number of carbonyl (C=O) groups excluding carboxylic acids is 1. The van der Waals surface area contributed by atoms with Gasteiger partial charge in [0.25, 0.3) is 11.6 Å². The van der Waals surface area contributed by atoms with Crippen LogP contribution >= 0.6 is 27.3 Å². The first-order valence-electron chi connectivity index (χ1n) is 6.93. The number of carbonyl (C=O) groups is 1. The van der Waals surface area contributed by atoms with Gasteiger partial charge >= 0.3 is 0 Å². The van der Waals surface area contributed by atoms with Gasteiger partial charge in [-0.25, -0.2) is 4.98 Å². The van der Waals surface area contributed by atoms with Crippen LogP contribution in [0.15, 0.2) is 22.7 Å². The Morgan fingerprint density at radius 3 is 3.00 bits per heavy atom. The van der Waals surface area contributed by atoms with Crippen LogP contribution in [-0.4, -0.2) is 21.9 Å². The van der Waals surface area contributed by atoms with E-state index in [4.69, 9.17) is 5.73 Å². The molecule has 0 radical (unpaired) electrons. The van der Waals surface area contributed by atoms with Crippen LogP contribution in [0.2, 0.25) is 0 Å². The van der Waals surface area contributed by atoms with E-state index in [9.17, 15) is 14.9 Å². The van der Waals surface area contributed by atoms with Crippen LogP contribution in [0.5, 0.6) is 0 Å². The van der Waals surface area contributed by atoms with Crippen molar-refractivity contribution in [2.45, 2.75) is 25.3 Å². The summed E-state index contributed by atoms with van der Waals surface area (Å²) in [6.45, 7) is 0. The Balaban J connectivity index is 1.81. The summed E-state index contributed by atoms with van der Waals surface area (Å²) in [6.07, 6.45) is 2.47. The van der Waals surface area contributed by atoms with E-state index in [0.717, 1.165) is 29.8 Å². The number of hydrogen-bond acceptors (Lipinski definition) is 6. The fourth-order valence-electron chi connectivity index (χ4n) is 2.43. The first-order chi connectivity index (χ1) is 10.9. The third-order valence-corrected chi connectivity index (χ3v) is 5.05. The second-order valence-electron chi connectivity index (χ2n) is 5.30. The Bertz CT molecular complexity index is 792. The van der Waals surface area contributed by atoms with Gasteiger partial charge in [-0.05, 0) is 25.3 Å². The summed E-state index contributed by atoms with van der Waals surface area (Å²) in [4.78, 5) is 28.2. The lowest BCUT2D eigenvalue weighted by molar-refractivity contribution is -0.384. The van der Waals surface area contributed by atoms with Gasteiger partial charge in [0.15, 0.2) is 5.13 Å². The lowest BCUT2D eigenvalue weighted by Crippen LogP contribution is -2.27. The fourth-order valence-corrected chi connectivity index (χ4v) is 4.01. The van der Waals surface area contributed by atoms with Gasteiger partial charge in [-0.3, -0.25) is 20.2 Å². The monoisotopic (exact) mass is 396 g/mol. The number of non-ortho nitro benzene ring substituents is 1. The number of nitrogens with zero attached hydrogens (tertiary/aromatic N) is 2. The van der Waals surface area contributed by atoms with Crippen molar-refractivity contribution in [3.63, 3.8) is 0 Å². The molecule has 1 aliphatic carbocycles. The molecule has 0 saturated heterocycles. The van der Waals surface area contributed by atoms with Gasteiger partial charge in [-0.15, -0.1) is 11.3 Å². The zero-order chi connectivity index (χ0) is 16.6. The van der Waals surface area contributed by atoms with Crippen LogP contribution in [0, 0.1) is 10.1 Å². The molecule has 3 N–H and O–H groups in total. The van der Waals surface area contributed by atoms with Gasteiger partial charge in [0.05, 0.1) is 10.6 Å². The van der Waals surface area contributed by atoms with Gasteiger partial charge in [-0.2, -0.15) is 0 Å². The van der Waals surface area contributed by atoms with Crippen LogP contribution in [0.3, 0.4) is 0 Å². The molecule has 0 unspecified atom stereocenters. The molecule has 0 saturated carbocycles. The first kappa shape index (κ1) is 16.0. The van der Waals surface area contributed by atoms with Crippen LogP contribution in [-0.2, 0) is 12.8 Å². The number of fused-ring (bicyclic) bond motifs is 1. The minimum atomic E-state index is -0.537. The molecule has 0 spiro atoms. The predicted octanol–water partition coefficient (Wildman–Crippen LogP) is 2.88. The van der Waals surface area contributed by atoms with Gasteiger partial charge in [-0.1, -0.05) is 15.9 Å². The standard InChI is InChI=1S/C14H13BrN4O3S/c15-8-3-7(4-10(5-8)19(21)22)13(20)18-14-17-11-2-1-9(16)6-12(11)23-14/h3-5,9H,1-2,6,16H2,(H,17,18,20)/t9-/m0/s1. The van der Waals surface area contributed by atoms with E-state index >= 15 is 0 Å². The van der Waals surface area contributed by atoms with Gasteiger partial charge in [0, 0.05) is 33.1 Å². The third kappa shape index (κ3) is 3.57. The van der Waals surface area contributed by atoms with Gasteiger partial charge in [0.2, 0.25) is 0 Å². The van der Waals surface area contributed by atoms with E-state index < -0.39 is 10.8 Å². The molecule has 23 heavy (non-hydrogen) atoms. The van der Waals surface area contributed by atoms with E-state index in [0.29, 0.717) is 9.60 Å². The quantitative estimate of drug-likeness (QED) is 0.611. The fraction of sp³-hybridized carbons (Fsp3) is 0.286. The molecule has 7 nitrogen and oxygen atoms in total. The molecule has 0 bridgehead atoms. The second-order valence-corrected chi connectivity index (χ2v) is 7.30. The largest absolute Gasteiger partial charge is 0.327 e. The molecule has 1 aliphatic rings. The summed E-state index contributed by atoms with van der Waals surface area (Å²) in [5.41, 5.74) is 6.97. The highest BCUT2D eigenvalue weighted by molar-refractivity contribution is 9.10. The summed E-state index contributed by atoms with van der Waals surface area (Å²) < 4.78 is 0.473. The highest BCUT2D eigenvalue weighted by atomic mass is 79.9. The van der Waals surface area contributed by atoms with Crippen molar-refractivity contribution in [3.8, 4) is 0 Å². The third-order valence-electron chi connectivity index (χ3n) is 3.55. The van der Waals surface area contributed by atoms with Crippen LogP contribution in [0.25, 0.3) is 0 Å². The molecule has 3 rings (SSSR count). The van der Waals surface area contributed by atoms with Crippen molar-refractivity contribution < 1.29 is 9.72 Å². The van der Waals surface area contributed by atoms with Crippen LogP contribution in [0.1, 0.15) is 27.3 Å². The number of halogens is 1. The average Bonchev–Trinajstić information content (AvgIpc) is 2.87. The number of aryl methyl sites for hydroxylation is 1. The molecule has 2 aromatic rings. The molecule has 1 aromatic heterocycles. The van der Waals surface area contributed by atoms with E-state index in [-0.39, 0.29) is 17.3 Å². The maximum absolute atomic E-state index is 12.3. The van der Waals surface area contributed by atoms with E-state index in [1.807, 2.05) is 0 Å². The Hall–Kier alpha value is -1.84. The summed E-state index contributed by atoms with van der Waals surface area (Å²) in [5.74, 6) is -0.426. The number of anilines is 1. The summed E-state index contributed by atoms with van der Waals surface area (Å²) in [5, 5.41) is 14.1. The molecule has 0 aliphatic heterocycles. The highest BCUT2D eigenvalue weighted by Gasteiger charge is 2.21. The lowest BCUT2D eigenvalue weighted by Gasteiger charge is -2.15. The molecule has 1 amide bonds. The number of benzene rings is 1. The number of nitro benzene ring substituents is 1. The highest BCUT2D eigenvalue weighted by Crippen LogP contribution is 2.30. The van der Waals surface area contributed by atoms with Crippen molar-refractivity contribution in [1.29, 1.82) is 0 Å². The first-order valence-corrected chi connectivity index (χ1v) is 8.54. The Kier molecular flexibility index (Phi) is 4.42. The van der Waals surface area contributed by atoms with Crippen molar-refractivity contribution in [2.24, 2.45) is 5.73 Å². The molecule has 1 heterocycles. The SMILES string of the molecule is N[C@H]1CCc2nc(NC(=O)c3cc(Br)cc([N+](=O)[O-])c3)sc2C1. The van der Waals surface area contributed by atoms with Crippen LogP contribution < -0.4 is 11.1 Å². The molecular weight excluding hydrogens is 384 g/mol. The van der Waals surface area contributed by atoms with Crippen LogP contribution in [0.4, 0.5) is 10.8 Å². The minimum absolute atomic E-state index is 0.138. The van der Waals surface area contributed by atoms with E-state index in [1.54, 1.807) is 0 Å². The lowest BCUT2D eigenvalue weighted by atomic mass is 9.99. The van der Waals surface area contributed by atoms with Gasteiger partial charge < -0.3 is 5.73 Å². The number of nitrogens with two attached hydrogens (primary N) is 1. The number of aromatic nitrogens is 1. The van der Waals surface area contributed by atoms with Crippen molar-refractivity contribution in [2.75, 3.05) is 5.32 Å². The molecular formula is C14H13BrN4O3S. The number of hydrogen-bond donors (Lipinski definition) is 2. The zero-order valence-electron chi connectivity index (χ0n) is 11.9. The summed E-state index contributed by atoms with van der Waals surface area (Å²) >= 11 is 4.58. The Morgan fingerprint density at radius 2 is 2.26 bits per heavy atom. The zero-order valence-corrected chi connectivity index (χ0v) is 14.3. The number of thiazole rings is 1. The Labute approximate surface area is 144 Å². The summed E-state index contributed by atoms with van der Waals surface area (Å²) in [6, 6.07) is 4.26. The van der Waals surface area contributed by atoms with Crippen molar-refractivity contribution in [1.82, 2.24) is 4.98 Å². The smallest absolute Gasteiger partial charge is 0.271 e. The molecule has 1 aromatic carbocycles.